The Balaban J connectivity index is 1.07. The smallest absolute Gasteiger partial charge is 0.295 e. The Bertz CT molecular complexity index is 1190. The number of fused-ring (bicyclic) bond motifs is 1. The summed E-state index contributed by atoms with van der Waals surface area (Å²) in [5.74, 6) is 1.96. The SMILES string of the molecule is O=C(NCCCC1CCOC1)C1CCC(COc2cc(N3C(C(F)F)=NC4C=CC=CC43)nc(N3CCOCC3)n2)CC1. The van der Waals surface area contributed by atoms with Crippen molar-refractivity contribution >= 4 is 23.5 Å². The van der Waals surface area contributed by atoms with E-state index in [0.29, 0.717) is 56.5 Å². The first-order valence-corrected chi connectivity index (χ1v) is 15.8. The molecule has 1 N–H and O–H groups in total. The molecule has 3 atom stereocenters. The summed E-state index contributed by atoms with van der Waals surface area (Å²) in [7, 11) is 0. The number of alkyl halides is 2. The molecule has 3 unspecified atom stereocenters. The second-order valence-electron chi connectivity index (χ2n) is 12.1. The first-order valence-electron chi connectivity index (χ1n) is 15.8. The van der Waals surface area contributed by atoms with Gasteiger partial charge in [-0.1, -0.05) is 24.3 Å². The number of amidine groups is 1. The molecule has 2 aliphatic carbocycles. The van der Waals surface area contributed by atoms with Gasteiger partial charge in [-0.05, 0) is 56.8 Å². The number of anilines is 2. The number of allylic oxidation sites excluding steroid dienone is 2. The Morgan fingerprint density at radius 3 is 2.60 bits per heavy atom. The first kappa shape index (κ1) is 29.9. The molecule has 0 aromatic carbocycles. The number of amides is 1. The van der Waals surface area contributed by atoms with Gasteiger partial charge in [0.1, 0.15) is 5.82 Å². The third kappa shape index (κ3) is 7.34. The number of hydrogen-bond donors (Lipinski definition) is 1. The van der Waals surface area contributed by atoms with Crippen molar-refractivity contribution in [2.45, 2.75) is 63.5 Å². The maximum Gasteiger partial charge on any atom is 0.295 e. The molecule has 0 spiro atoms. The van der Waals surface area contributed by atoms with E-state index in [0.717, 1.165) is 64.7 Å². The van der Waals surface area contributed by atoms with Crippen LogP contribution in [0.1, 0.15) is 44.9 Å². The Hall–Kier alpha value is -3.12. The topological polar surface area (TPSA) is 101 Å². The lowest BCUT2D eigenvalue weighted by Gasteiger charge is -2.31. The number of aliphatic imine (C=N–C) groups is 1. The number of nitrogens with zero attached hydrogens (tertiary/aromatic N) is 5. The lowest BCUT2D eigenvalue weighted by Crippen LogP contribution is -2.42. The number of aromatic nitrogens is 2. The Morgan fingerprint density at radius 1 is 1.02 bits per heavy atom. The zero-order chi connectivity index (χ0) is 29.6. The molecule has 1 saturated carbocycles. The first-order chi connectivity index (χ1) is 21.0. The third-order valence-electron chi connectivity index (χ3n) is 9.11. The molecule has 0 radical (unpaired) electrons. The molecule has 1 aromatic rings. The van der Waals surface area contributed by atoms with E-state index in [1.165, 1.54) is 4.90 Å². The van der Waals surface area contributed by atoms with E-state index in [1.54, 1.807) is 6.07 Å². The van der Waals surface area contributed by atoms with Gasteiger partial charge < -0.3 is 29.3 Å². The molecule has 1 amide bonds. The maximum absolute atomic E-state index is 14.1. The fraction of sp³-hybridized carbons (Fsp3) is 0.677. The van der Waals surface area contributed by atoms with Crippen LogP contribution < -0.4 is 19.9 Å². The van der Waals surface area contributed by atoms with E-state index < -0.39 is 12.5 Å². The predicted octanol–water partition coefficient (Wildman–Crippen LogP) is 3.78. The zero-order valence-electron chi connectivity index (χ0n) is 24.6. The maximum atomic E-state index is 14.1. The fourth-order valence-corrected chi connectivity index (χ4v) is 6.60. The van der Waals surface area contributed by atoms with Gasteiger partial charge in [-0.15, -0.1) is 0 Å². The number of morpholine rings is 1. The molecule has 10 nitrogen and oxygen atoms in total. The molecule has 0 bridgehead atoms. The number of rotatable bonds is 11. The summed E-state index contributed by atoms with van der Waals surface area (Å²) in [5.41, 5.74) is 0. The van der Waals surface area contributed by atoms with Crippen LogP contribution in [0.2, 0.25) is 0 Å². The Morgan fingerprint density at radius 2 is 1.84 bits per heavy atom. The summed E-state index contributed by atoms with van der Waals surface area (Å²) in [6, 6.07) is 0.870. The molecular weight excluding hydrogens is 558 g/mol. The average Bonchev–Trinajstić information content (AvgIpc) is 3.71. The lowest BCUT2D eigenvalue weighted by atomic mass is 9.82. The van der Waals surface area contributed by atoms with Crippen molar-refractivity contribution in [3.05, 3.63) is 30.4 Å². The number of carbonyl (C=O) groups is 1. The van der Waals surface area contributed by atoms with Gasteiger partial charge in [0.15, 0.2) is 5.84 Å². The number of hydrogen-bond acceptors (Lipinski definition) is 9. The largest absolute Gasteiger partial charge is 0.477 e. The highest BCUT2D eigenvalue weighted by Gasteiger charge is 2.40. The van der Waals surface area contributed by atoms with Crippen LogP contribution in [0.15, 0.2) is 35.4 Å². The minimum Gasteiger partial charge on any atom is -0.477 e. The normalized spacial score (nSPS) is 28.7. The quantitative estimate of drug-likeness (QED) is 0.383. The molecule has 3 aliphatic heterocycles. The summed E-state index contributed by atoms with van der Waals surface area (Å²) in [6.45, 7) is 5.18. The minimum atomic E-state index is -2.74. The highest BCUT2D eigenvalue weighted by atomic mass is 19.3. The molecule has 4 heterocycles. The monoisotopic (exact) mass is 600 g/mol. The van der Waals surface area contributed by atoms with E-state index in [9.17, 15) is 13.6 Å². The van der Waals surface area contributed by atoms with Gasteiger partial charge in [-0.3, -0.25) is 9.79 Å². The van der Waals surface area contributed by atoms with Gasteiger partial charge >= 0.3 is 0 Å². The summed E-state index contributed by atoms with van der Waals surface area (Å²) < 4.78 is 45.4. The predicted molar refractivity (Wildman–Crippen MR) is 159 cm³/mol. The van der Waals surface area contributed by atoms with Crippen LogP contribution in [0, 0.1) is 17.8 Å². The Kier molecular flexibility index (Phi) is 9.82. The van der Waals surface area contributed by atoms with Gasteiger partial charge in [-0.2, -0.15) is 9.97 Å². The van der Waals surface area contributed by atoms with Crippen molar-refractivity contribution in [3.8, 4) is 5.88 Å². The van der Waals surface area contributed by atoms with Crippen LogP contribution >= 0.6 is 0 Å². The minimum absolute atomic E-state index is 0.0393. The van der Waals surface area contributed by atoms with E-state index in [-0.39, 0.29) is 29.6 Å². The van der Waals surface area contributed by atoms with Crippen molar-refractivity contribution < 1.29 is 27.8 Å². The van der Waals surface area contributed by atoms with Crippen molar-refractivity contribution in [2.75, 3.05) is 62.5 Å². The number of halogens is 2. The fourth-order valence-electron chi connectivity index (χ4n) is 6.60. The van der Waals surface area contributed by atoms with Gasteiger partial charge in [0.05, 0.1) is 31.9 Å². The van der Waals surface area contributed by atoms with Gasteiger partial charge in [0.2, 0.25) is 17.7 Å². The molecule has 2 saturated heterocycles. The highest BCUT2D eigenvalue weighted by Crippen LogP contribution is 2.34. The lowest BCUT2D eigenvalue weighted by molar-refractivity contribution is -0.126. The molecule has 234 valence electrons. The van der Waals surface area contributed by atoms with Crippen LogP contribution in [0.4, 0.5) is 20.5 Å². The number of carbonyl (C=O) groups excluding carboxylic acids is 1. The zero-order valence-corrected chi connectivity index (χ0v) is 24.6. The second-order valence-corrected chi connectivity index (χ2v) is 12.1. The van der Waals surface area contributed by atoms with Crippen LogP contribution in [-0.2, 0) is 14.3 Å². The molecular formula is C31H42F2N6O4. The summed E-state index contributed by atoms with van der Waals surface area (Å²) >= 11 is 0. The molecule has 12 heteroatoms. The van der Waals surface area contributed by atoms with E-state index >= 15 is 0 Å². The van der Waals surface area contributed by atoms with Crippen LogP contribution in [0.25, 0.3) is 0 Å². The molecule has 6 rings (SSSR count). The third-order valence-corrected chi connectivity index (χ3v) is 9.11. The van der Waals surface area contributed by atoms with Crippen LogP contribution in [0.5, 0.6) is 5.88 Å². The van der Waals surface area contributed by atoms with Crippen molar-refractivity contribution in [3.63, 3.8) is 0 Å². The van der Waals surface area contributed by atoms with E-state index in [2.05, 4.69) is 15.3 Å². The molecule has 1 aromatic heterocycles. The van der Waals surface area contributed by atoms with E-state index in [1.807, 2.05) is 29.2 Å². The molecule has 5 aliphatic rings. The summed E-state index contributed by atoms with van der Waals surface area (Å²) in [4.78, 5) is 29.9. The highest BCUT2D eigenvalue weighted by molar-refractivity contribution is 6.02. The van der Waals surface area contributed by atoms with Crippen LogP contribution in [0.3, 0.4) is 0 Å². The standard InChI is InChI=1S/C31H42F2N6O4/c32-28(33)29-35-24-5-1-2-6-25(24)39(29)26-18-27(37-31(36-26)38-13-16-41-17-14-38)43-20-22-7-9-23(10-8-22)30(40)34-12-3-4-21-11-15-42-19-21/h1-2,5-6,18,21-25,28H,3-4,7-17,19-20H2,(H,34,40). The molecule has 43 heavy (non-hydrogen) atoms. The van der Waals surface area contributed by atoms with Gasteiger partial charge in [0.25, 0.3) is 6.43 Å². The van der Waals surface area contributed by atoms with Gasteiger partial charge in [-0.25, -0.2) is 8.78 Å². The van der Waals surface area contributed by atoms with Crippen molar-refractivity contribution in [1.29, 1.82) is 0 Å². The number of ether oxygens (including phenoxy) is 3. The Labute approximate surface area is 251 Å². The number of nitrogens with one attached hydrogen (secondary N) is 1. The summed E-state index contributed by atoms with van der Waals surface area (Å²) in [5, 5.41) is 3.13. The molecule has 3 fully saturated rings. The van der Waals surface area contributed by atoms with Crippen molar-refractivity contribution in [1.82, 2.24) is 15.3 Å². The van der Waals surface area contributed by atoms with Crippen molar-refractivity contribution in [2.24, 2.45) is 22.7 Å². The second kappa shape index (κ2) is 14.1. The van der Waals surface area contributed by atoms with Crippen LogP contribution in [-0.4, -0.2) is 92.9 Å². The average molecular weight is 601 g/mol. The van der Waals surface area contributed by atoms with E-state index in [4.69, 9.17) is 19.2 Å². The summed E-state index contributed by atoms with van der Waals surface area (Å²) in [6.07, 6.45) is 11.3. The van der Waals surface area contributed by atoms with Gasteiger partial charge in [0, 0.05) is 44.8 Å².